The van der Waals surface area contributed by atoms with Gasteiger partial charge in [-0.1, -0.05) is 6.07 Å². The van der Waals surface area contributed by atoms with Crippen molar-refractivity contribution in [3.8, 4) is 11.6 Å². The minimum atomic E-state index is 0.494. The van der Waals surface area contributed by atoms with Crippen molar-refractivity contribution in [1.29, 1.82) is 0 Å². The molecule has 0 saturated carbocycles. The normalized spacial score (nSPS) is 10.5. The molecular weight excluding hydrogens is 294 g/mol. The van der Waals surface area contributed by atoms with Crippen molar-refractivity contribution >= 4 is 26.8 Å². The molecule has 3 aromatic rings. The van der Waals surface area contributed by atoms with Crippen LogP contribution in [0.25, 0.3) is 10.9 Å². The van der Waals surface area contributed by atoms with Gasteiger partial charge in [-0.3, -0.25) is 4.98 Å². The van der Waals surface area contributed by atoms with E-state index in [0.717, 1.165) is 16.7 Å². The summed E-state index contributed by atoms with van der Waals surface area (Å²) in [5.74, 6) is 1.22. The molecule has 5 heteroatoms. The number of pyridine rings is 1. The number of nitrogens with zero attached hydrogens (tertiary/aromatic N) is 3. The van der Waals surface area contributed by atoms with Crippen LogP contribution in [0.1, 0.15) is 0 Å². The van der Waals surface area contributed by atoms with Crippen molar-refractivity contribution < 1.29 is 4.74 Å². The molecule has 4 nitrogen and oxygen atoms in total. The highest BCUT2D eigenvalue weighted by Crippen LogP contribution is 2.28. The second-order valence-corrected chi connectivity index (χ2v) is 4.42. The summed E-state index contributed by atoms with van der Waals surface area (Å²) in [6.07, 6.45) is 3.20. The van der Waals surface area contributed by atoms with E-state index in [-0.39, 0.29) is 0 Å². The van der Waals surface area contributed by atoms with Gasteiger partial charge in [0.1, 0.15) is 16.7 Å². The van der Waals surface area contributed by atoms with Crippen molar-refractivity contribution in [3.05, 3.63) is 53.5 Å². The van der Waals surface area contributed by atoms with Gasteiger partial charge in [0.2, 0.25) is 5.88 Å². The molecule has 0 fully saturated rings. The van der Waals surface area contributed by atoms with Gasteiger partial charge in [0, 0.05) is 17.6 Å². The summed E-state index contributed by atoms with van der Waals surface area (Å²) in [5, 5.41) is 0.953. The lowest BCUT2D eigenvalue weighted by atomic mass is 10.2. The van der Waals surface area contributed by atoms with Crippen LogP contribution in [0, 0.1) is 0 Å². The van der Waals surface area contributed by atoms with Gasteiger partial charge in [-0.25, -0.2) is 9.97 Å². The van der Waals surface area contributed by atoms with Crippen molar-refractivity contribution in [2.75, 3.05) is 0 Å². The highest BCUT2D eigenvalue weighted by atomic mass is 79.9. The Labute approximate surface area is 112 Å². The van der Waals surface area contributed by atoms with E-state index in [2.05, 4.69) is 30.9 Å². The maximum atomic E-state index is 5.75. The van der Waals surface area contributed by atoms with Crippen LogP contribution >= 0.6 is 15.9 Å². The first kappa shape index (κ1) is 11.1. The van der Waals surface area contributed by atoms with Gasteiger partial charge in [-0.2, -0.15) is 0 Å². The summed E-state index contributed by atoms with van der Waals surface area (Å²) in [6, 6.07) is 11.3. The molecule has 3 rings (SSSR count). The molecule has 18 heavy (non-hydrogen) atoms. The van der Waals surface area contributed by atoms with Crippen LogP contribution in [0.3, 0.4) is 0 Å². The van der Waals surface area contributed by atoms with Crippen LogP contribution in [-0.4, -0.2) is 15.0 Å². The molecule has 2 heterocycles. The van der Waals surface area contributed by atoms with Crippen LogP contribution in [0.2, 0.25) is 0 Å². The predicted octanol–water partition coefficient (Wildman–Crippen LogP) is 3.58. The average Bonchev–Trinajstić information content (AvgIpc) is 2.39. The molecule has 2 aromatic heterocycles. The standard InChI is InChI=1S/C13H8BrN3O/c14-12-7-13(17-8-16-12)18-11-5-1-4-10-9(11)3-2-6-15-10/h1-8H. The zero-order valence-electron chi connectivity index (χ0n) is 9.25. The van der Waals surface area contributed by atoms with Gasteiger partial charge < -0.3 is 4.74 Å². The number of aromatic nitrogens is 3. The maximum absolute atomic E-state index is 5.75. The summed E-state index contributed by atoms with van der Waals surface area (Å²) >= 11 is 3.28. The Morgan fingerprint density at radius 3 is 2.83 bits per heavy atom. The molecule has 0 radical (unpaired) electrons. The van der Waals surface area contributed by atoms with E-state index in [4.69, 9.17) is 4.74 Å². The molecule has 88 valence electrons. The van der Waals surface area contributed by atoms with E-state index < -0.39 is 0 Å². The molecular formula is C13H8BrN3O. The predicted molar refractivity (Wildman–Crippen MR) is 71.5 cm³/mol. The fraction of sp³-hybridized carbons (Fsp3) is 0. The largest absolute Gasteiger partial charge is 0.438 e. The Balaban J connectivity index is 2.05. The van der Waals surface area contributed by atoms with Crippen molar-refractivity contribution in [3.63, 3.8) is 0 Å². The minimum absolute atomic E-state index is 0.494. The van der Waals surface area contributed by atoms with Crippen LogP contribution in [0.5, 0.6) is 11.6 Å². The van der Waals surface area contributed by atoms with Crippen LogP contribution in [-0.2, 0) is 0 Å². The highest BCUT2D eigenvalue weighted by molar-refractivity contribution is 9.10. The van der Waals surface area contributed by atoms with Crippen molar-refractivity contribution in [2.45, 2.75) is 0 Å². The molecule has 0 aliphatic heterocycles. The van der Waals surface area contributed by atoms with Gasteiger partial charge in [0.05, 0.1) is 5.52 Å². The molecule has 1 aromatic carbocycles. The third-order valence-corrected chi connectivity index (χ3v) is 2.86. The SMILES string of the molecule is Brc1cc(Oc2cccc3ncccc23)ncn1. The number of halogens is 1. The Bertz CT molecular complexity index is 697. The van der Waals surface area contributed by atoms with E-state index in [1.807, 2.05) is 30.3 Å². The van der Waals surface area contributed by atoms with Gasteiger partial charge >= 0.3 is 0 Å². The molecule has 0 aliphatic rings. The van der Waals surface area contributed by atoms with E-state index in [1.165, 1.54) is 6.33 Å². The highest BCUT2D eigenvalue weighted by Gasteiger charge is 2.04. The summed E-state index contributed by atoms with van der Waals surface area (Å²) in [4.78, 5) is 12.3. The first-order valence-corrected chi connectivity index (χ1v) is 6.11. The van der Waals surface area contributed by atoms with Gasteiger partial charge in [0.15, 0.2) is 0 Å². The second-order valence-electron chi connectivity index (χ2n) is 3.61. The molecule has 0 saturated heterocycles. The number of hydrogen-bond donors (Lipinski definition) is 0. The number of benzene rings is 1. The molecule has 0 bridgehead atoms. The summed E-state index contributed by atoms with van der Waals surface area (Å²) < 4.78 is 6.44. The lowest BCUT2D eigenvalue weighted by Gasteiger charge is -2.07. The molecule has 0 N–H and O–H groups in total. The van der Waals surface area contributed by atoms with Crippen LogP contribution in [0.15, 0.2) is 53.5 Å². The third kappa shape index (κ3) is 2.17. The maximum Gasteiger partial charge on any atom is 0.223 e. The molecule has 0 amide bonds. The quantitative estimate of drug-likeness (QED) is 0.679. The van der Waals surface area contributed by atoms with E-state index >= 15 is 0 Å². The molecule has 0 aliphatic carbocycles. The Kier molecular flexibility index (Phi) is 2.90. The van der Waals surface area contributed by atoms with Crippen molar-refractivity contribution in [1.82, 2.24) is 15.0 Å². The first-order valence-electron chi connectivity index (χ1n) is 5.32. The summed E-state index contributed by atoms with van der Waals surface area (Å²) in [6.45, 7) is 0. The summed E-state index contributed by atoms with van der Waals surface area (Å²) in [7, 11) is 0. The van der Waals surface area contributed by atoms with E-state index in [9.17, 15) is 0 Å². The Morgan fingerprint density at radius 2 is 1.94 bits per heavy atom. The summed E-state index contributed by atoms with van der Waals surface area (Å²) in [5.41, 5.74) is 0.892. The van der Waals surface area contributed by atoms with Crippen molar-refractivity contribution in [2.24, 2.45) is 0 Å². The van der Waals surface area contributed by atoms with Crippen LogP contribution in [0.4, 0.5) is 0 Å². The second kappa shape index (κ2) is 4.70. The average molecular weight is 302 g/mol. The van der Waals surface area contributed by atoms with E-state index in [0.29, 0.717) is 10.5 Å². The zero-order chi connectivity index (χ0) is 12.4. The third-order valence-electron chi connectivity index (χ3n) is 2.43. The fourth-order valence-electron chi connectivity index (χ4n) is 1.65. The zero-order valence-corrected chi connectivity index (χ0v) is 10.8. The number of fused-ring (bicyclic) bond motifs is 1. The van der Waals surface area contributed by atoms with Gasteiger partial charge in [-0.15, -0.1) is 0 Å². The minimum Gasteiger partial charge on any atom is -0.438 e. The fourth-order valence-corrected chi connectivity index (χ4v) is 1.94. The monoisotopic (exact) mass is 301 g/mol. The lowest BCUT2D eigenvalue weighted by Crippen LogP contribution is -1.90. The molecule has 0 atom stereocenters. The first-order chi connectivity index (χ1) is 8.83. The topological polar surface area (TPSA) is 47.9 Å². The smallest absolute Gasteiger partial charge is 0.223 e. The number of rotatable bonds is 2. The Hall–Kier alpha value is -2.01. The lowest BCUT2D eigenvalue weighted by molar-refractivity contribution is 0.466. The molecule has 0 unspecified atom stereocenters. The van der Waals surface area contributed by atoms with Crippen LogP contribution < -0.4 is 4.74 Å². The van der Waals surface area contributed by atoms with Gasteiger partial charge in [0.25, 0.3) is 0 Å². The number of hydrogen-bond acceptors (Lipinski definition) is 4. The molecule has 0 spiro atoms. The Morgan fingerprint density at radius 1 is 1.00 bits per heavy atom. The van der Waals surface area contributed by atoms with E-state index in [1.54, 1.807) is 12.3 Å². The van der Waals surface area contributed by atoms with Gasteiger partial charge in [-0.05, 0) is 40.2 Å². The number of ether oxygens (including phenoxy) is 1.